The molecule has 3 heteroatoms. The van der Waals surface area contributed by atoms with Gasteiger partial charge in [-0.3, -0.25) is 0 Å². The first-order valence-electron chi connectivity index (χ1n) is 6.87. The van der Waals surface area contributed by atoms with Crippen molar-refractivity contribution in [1.82, 2.24) is 5.32 Å². The van der Waals surface area contributed by atoms with Crippen molar-refractivity contribution in [2.24, 2.45) is 0 Å². The fourth-order valence-corrected chi connectivity index (χ4v) is 4.24. The molecule has 1 aliphatic heterocycles. The molecule has 0 spiro atoms. The first-order valence-corrected chi connectivity index (χ1v) is 7.75. The van der Waals surface area contributed by atoms with E-state index < -0.39 is 0 Å². The maximum Gasteiger partial charge on any atom is 0.126 e. The Balaban J connectivity index is 1.87. The minimum Gasteiger partial charge on any atom is -0.312 e. The van der Waals surface area contributed by atoms with E-state index in [2.05, 4.69) is 29.6 Å². The Morgan fingerprint density at radius 1 is 1.25 bits per heavy atom. The Morgan fingerprint density at radius 2 is 2.05 bits per heavy atom. The van der Waals surface area contributed by atoms with Gasteiger partial charge in [-0.25, -0.2) is 4.39 Å². The Morgan fingerprint density at radius 3 is 2.75 bits per heavy atom. The number of hydrogen-bond donors (Lipinski definition) is 1. The van der Waals surface area contributed by atoms with Crippen molar-refractivity contribution >= 4 is 11.8 Å². The molecule has 0 aromatic heterocycles. The number of fused-ring (bicyclic) bond motifs is 1. The van der Waals surface area contributed by atoms with Crippen LogP contribution >= 0.6 is 11.8 Å². The third-order valence-electron chi connectivity index (χ3n) is 3.91. The summed E-state index contributed by atoms with van der Waals surface area (Å²) in [5, 5.41) is 3.77. The van der Waals surface area contributed by atoms with Gasteiger partial charge in [0.15, 0.2) is 0 Å². The summed E-state index contributed by atoms with van der Waals surface area (Å²) in [6.07, 6.45) is 1.03. The summed E-state index contributed by atoms with van der Waals surface area (Å²) < 4.78 is 13.8. The van der Waals surface area contributed by atoms with E-state index in [0.29, 0.717) is 10.8 Å². The highest BCUT2D eigenvalue weighted by Crippen LogP contribution is 2.42. The summed E-state index contributed by atoms with van der Waals surface area (Å²) >= 11 is 1.89. The molecule has 0 bridgehead atoms. The van der Waals surface area contributed by atoms with Gasteiger partial charge in [0.2, 0.25) is 0 Å². The summed E-state index contributed by atoms with van der Waals surface area (Å²) in [6, 6.07) is 14.2. The number of benzene rings is 2. The second kappa shape index (κ2) is 5.58. The maximum atomic E-state index is 13.8. The fraction of sp³-hybridized carbons (Fsp3) is 0.294. The van der Waals surface area contributed by atoms with Gasteiger partial charge in [0.1, 0.15) is 5.82 Å². The van der Waals surface area contributed by atoms with Crippen LogP contribution in [0.1, 0.15) is 22.7 Å². The van der Waals surface area contributed by atoms with E-state index >= 15 is 0 Å². The van der Waals surface area contributed by atoms with Gasteiger partial charge in [-0.05, 0) is 49.2 Å². The van der Waals surface area contributed by atoms with Gasteiger partial charge in [0, 0.05) is 16.2 Å². The third kappa shape index (κ3) is 2.48. The molecular formula is C17H18FNS. The highest BCUT2D eigenvalue weighted by molar-refractivity contribution is 8.00. The van der Waals surface area contributed by atoms with Crippen LogP contribution in [-0.4, -0.2) is 12.3 Å². The lowest BCUT2D eigenvalue weighted by Crippen LogP contribution is -2.27. The summed E-state index contributed by atoms with van der Waals surface area (Å²) in [5.41, 5.74) is 3.13. The van der Waals surface area contributed by atoms with E-state index in [9.17, 15) is 4.39 Å². The van der Waals surface area contributed by atoms with Crippen LogP contribution in [0.15, 0.2) is 47.4 Å². The Labute approximate surface area is 123 Å². The second-order valence-electron chi connectivity index (χ2n) is 5.24. The maximum absolute atomic E-state index is 13.8. The van der Waals surface area contributed by atoms with Crippen molar-refractivity contribution in [3.05, 3.63) is 65.0 Å². The van der Waals surface area contributed by atoms with Crippen molar-refractivity contribution in [2.45, 2.75) is 29.5 Å². The monoisotopic (exact) mass is 287 g/mol. The molecule has 0 aliphatic carbocycles. The average molecular weight is 287 g/mol. The zero-order valence-electron chi connectivity index (χ0n) is 11.7. The molecule has 2 atom stereocenters. The van der Waals surface area contributed by atoms with E-state index in [-0.39, 0.29) is 11.9 Å². The predicted octanol–water partition coefficient (Wildman–Crippen LogP) is 4.11. The Kier molecular flexibility index (Phi) is 3.81. The second-order valence-corrected chi connectivity index (χ2v) is 6.52. The average Bonchev–Trinajstić information content (AvgIpc) is 2.87. The van der Waals surface area contributed by atoms with E-state index in [4.69, 9.17) is 0 Å². The molecule has 104 valence electrons. The molecule has 1 aliphatic rings. The van der Waals surface area contributed by atoms with Crippen molar-refractivity contribution < 1.29 is 4.39 Å². The van der Waals surface area contributed by atoms with E-state index in [1.54, 1.807) is 13.0 Å². The summed E-state index contributed by atoms with van der Waals surface area (Å²) in [7, 11) is 1.95. The minimum absolute atomic E-state index is 0.122. The first kappa shape index (κ1) is 13.7. The van der Waals surface area contributed by atoms with Crippen LogP contribution in [0.5, 0.6) is 0 Å². The lowest BCUT2D eigenvalue weighted by atomic mass is 9.98. The molecule has 2 aromatic carbocycles. The topological polar surface area (TPSA) is 12.0 Å². The van der Waals surface area contributed by atoms with Crippen molar-refractivity contribution in [3.63, 3.8) is 0 Å². The van der Waals surface area contributed by atoms with Crippen molar-refractivity contribution in [2.75, 3.05) is 7.05 Å². The summed E-state index contributed by atoms with van der Waals surface area (Å²) in [5.74, 6) is -0.122. The Bertz CT molecular complexity index is 601. The zero-order valence-corrected chi connectivity index (χ0v) is 12.5. The zero-order chi connectivity index (χ0) is 14.1. The van der Waals surface area contributed by atoms with Crippen LogP contribution in [0.2, 0.25) is 0 Å². The molecule has 0 fully saturated rings. The van der Waals surface area contributed by atoms with Crippen LogP contribution < -0.4 is 5.32 Å². The molecule has 0 amide bonds. The molecule has 1 N–H and O–H groups in total. The summed E-state index contributed by atoms with van der Waals surface area (Å²) in [4.78, 5) is 1.35. The standard InChI is InChI=1S/C17H18FNS/c1-11-7-8-13(9-14(11)18)17(19-2)16-10-12-5-3-4-6-15(12)20-16/h3-9,16-17,19H,10H2,1-2H3. The van der Waals surface area contributed by atoms with Gasteiger partial charge in [-0.1, -0.05) is 30.3 Å². The van der Waals surface area contributed by atoms with Gasteiger partial charge in [0.25, 0.3) is 0 Å². The van der Waals surface area contributed by atoms with Crippen LogP contribution in [0.4, 0.5) is 4.39 Å². The normalized spacial score (nSPS) is 18.9. The lowest BCUT2D eigenvalue weighted by molar-refractivity contribution is 0.557. The van der Waals surface area contributed by atoms with Gasteiger partial charge in [-0.15, -0.1) is 11.8 Å². The van der Waals surface area contributed by atoms with E-state index in [1.165, 1.54) is 10.5 Å². The van der Waals surface area contributed by atoms with Gasteiger partial charge >= 0.3 is 0 Å². The van der Waals surface area contributed by atoms with Crippen LogP contribution in [0.25, 0.3) is 0 Å². The first-order chi connectivity index (χ1) is 9.69. The van der Waals surface area contributed by atoms with Crippen LogP contribution in [-0.2, 0) is 6.42 Å². The van der Waals surface area contributed by atoms with Gasteiger partial charge in [-0.2, -0.15) is 0 Å². The molecule has 0 saturated carbocycles. The van der Waals surface area contributed by atoms with Crippen molar-refractivity contribution in [3.8, 4) is 0 Å². The predicted molar refractivity (Wildman–Crippen MR) is 82.7 cm³/mol. The van der Waals surface area contributed by atoms with E-state index in [0.717, 1.165) is 12.0 Å². The number of nitrogens with one attached hydrogen (secondary N) is 1. The number of aryl methyl sites for hydroxylation is 1. The highest BCUT2D eigenvalue weighted by Gasteiger charge is 2.29. The molecule has 0 saturated heterocycles. The molecule has 2 aromatic rings. The summed E-state index contributed by atoms with van der Waals surface area (Å²) in [6.45, 7) is 1.80. The number of rotatable bonds is 3. The lowest BCUT2D eigenvalue weighted by Gasteiger charge is -2.23. The van der Waals surface area contributed by atoms with Crippen LogP contribution in [0.3, 0.4) is 0 Å². The van der Waals surface area contributed by atoms with Gasteiger partial charge < -0.3 is 5.32 Å². The molecule has 0 radical (unpaired) electrons. The molecule has 20 heavy (non-hydrogen) atoms. The molecule has 2 unspecified atom stereocenters. The fourth-order valence-electron chi connectivity index (χ4n) is 2.76. The van der Waals surface area contributed by atoms with Gasteiger partial charge in [0.05, 0.1) is 0 Å². The number of thioether (sulfide) groups is 1. The Hall–Kier alpha value is -1.32. The molecule has 3 rings (SSSR count). The SMILES string of the molecule is CNC(c1ccc(C)c(F)c1)C1Cc2ccccc2S1. The molecule has 1 heterocycles. The molecular weight excluding hydrogens is 269 g/mol. The minimum atomic E-state index is -0.122. The third-order valence-corrected chi connectivity index (χ3v) is 5.30. The quantitative estimate of drug-likeness (QED) is 0.911. The number of hydrogen-bond acceptors (Lipinski definition) is 2. The smallest absolute Gasteiger partial charge is 0.126 e. The molecule has 1 nitrogen and oxygen atoms in total. The van der Waals surface area contributed by atoms with Crippen LogP contribution in [0, 0.1) is 12.7 Å². The van der Waals surface area contributed by atoms with E-state index in [1.807, 2.05) is 30.9 Å². The highest BCUT2D eigenvalue weighted by atomic mass is 32.2. The van der Waals surface area contributed by atoms with Crippen molar-refractivity contribution in [1.29, 1.82) is 0 Å². The number of halogens is 1. The largest absolute Gasteiger partial charge is 0.312 e.